The number of nitrogens with zero attached hydrogens (tertiary/aromatic N) is 3. The topological polar surface area (TPSA) is 54.4 Å². The number of carbonyl (C=O) groups excluding carboxylic acids is 1. The number of ether oxygens (including phenoxy) is 1. The predicted octanol–water partition coefficient (Wildman–Crippen LogP) is 7.81. The minimum Gasteiger partial charge on any atom is -0.399 e. The van der Waals surface area contributed by atoms with Gasteiger partial charge in [0.1, 0.15) is 7.11 Å². The average Bonchev–Trinajstić information content (AvgIpc) is 3.40. The highest BCUT2D eigenvalue weighted by Gasteiger charge is 2.37. The molecule has 0 aliphatic carbocycles. The van der Waals surface area contributed by atoms with Crippen LogP contribution in [0.3, 0.4) is 0 Å². The van der Waals surface area contributed by atoms with Crippen molar-refractivity contribution in [3.8, 4) is 0 Å². The van der Waals surface area contributed by atoms with Crippen molar-refractivity contribution >= 4 is 34.8 Å². The number of alkyl halides is 6. The molecular formula is C30H33Cl2F6N3O3. The molecule has 1 unspecified atom stereocenters. The number of likely N-dealkylation sites (tertiary alicyclic amines) is 2. The third-order valence-electron chi connectivity index (χ3n) is 7.96. The summed E-state index contributed by atoms with van der Waals surface area (Å²) in [7, 11) is 1.33. The van der Waals surface area contributed by atoms with Crippen molar-refractivity contribution in [3.63, 3.8) is 0 Å². The zero-order valence-corrected chi connectivity index (χ0v) is 25.5. The van der Waals surface area contributed by atoms with Crippen LogP contribution in [-0.4, -0.2) is 67.4 Å². The molecule has 2 aromatic carbocycles. The standard InChI is InChI=1S/C30H33Cl2F6N3O3/c1-43-39-27(18-44-17-19-13-21(29(33,34)35)16-22(14-19)30(36,37)38)24(20-4-5-25(31)26(32)15-20)8-12-40-10-6-23(7-11-40)41-9-2-3-28(41)42/h4-5,13-16,23-24H,2-3,6-12,17-18H2,1H3/b39-27+. The lowest BCUT2D eigenvalue weighted by atomic mass is 9.90. The molecular weight excluding hydrogens is 635 g/mol. The Kier molecular flexibility index (Phi) is 11.5. The third-order valence-corrected chi connectivity index (χ3v) is 8.70. The molecule has 14 heteroatoms. The van der Waals surface area contributed by atoms with E-state index in [-0.39, 0.29) is 30.2 Å². The molecule has 1 atom stereocenters. The summed E-state index contributed by atoms with van der Waals surface area (Å²) in [6.07, 6.45) is -6.16. The number of rotatable bonds is 11. The number of amides is 1. The molecule has 2 saturated heterocycles. The molecule has 0 saturated carbocycles. The van der Waals surface area contributed by atoms with Gasteiger partial charge in [0.05, 0.1) is 40.1 Å². The van der Waals surface area contributed by atoms with Gasteiger partial charge in [-0.25, -0.2) is 0 Å². The van der Waals surface area contributed by atoms with Gasteiger partial charge in [-0.3, -0.25) is 4.79 Å². The van der Waals surface area contributed by atoms with Crippen molar-refractivity contribution in [3.05, 3.63) is 68.7 Å². The Balaban J connectivity index is 1.47. The average molecular weight is 669 g/mol. The van der Waals surface area contributed by atoms with Gasteiger partial charge < -0.3 is 19.4 Å². The Bertz CT molecular complexity index is 1300. The van der Waals surface area contributed by atoms with Gasteiger partial charge in [0.2, 0.25) is 5.91 Å². The minimum absolute atomic E-state index is 0.0768. The fourth-order valence-corrected chi connectivity index (χ4v) is 6.07. The van der Waals surface area contributed by atoms with Crippen molar-refractivity contribution in [2.24, 2.45) is 5.16 Å². The van der Waals surface area contributed by atoms with Crippen molar-refractivity contribution in [1.82, 2.24) is 9.80 Å². The Morgan fingerprint density at radius 1 is 0.977 bits per heavy atom. The van der Waals surface area contributed by atoms with Crippen LogP contribution >= 0.6 is 23.2 Å². The summed E-state index contributed by atoms with van der Waals surface area (Å²) in [6.45, 7) is 2.30. The van der Waals surface area contributed by atoms with Crippen LogP contribution in [0.15, 0.2) is 41.6 Å². The highest BCUT2D eigenvalue weighted by atomic mass is 35.5. The van der Waals surface area contributed by atoms with E-state index in [0.29, 0.717) is 47.3 Å². The maximum atomic E-state index is 13.3. The summed E-state index contributed by atoms with van der Waals surface area (Å²) in [4.78, 5) is 21.5. The van der Waals surface area contributed by atoms with Gasteiger partial charge in [-0.1, -0.05) is 34.4 Å². The predicted molar refractivity (Wildman–Crippen MR) is 155 cm³/mol. The first-order valence-corrected chi connectivity index (χ1v) is 14.9. The summed E-state index contributed by atoms with van der Waals surface area (Å²) in [5.74, 6) is -0.196. The van der Waals surface area contributed by atoms with Crippen molar-refractivity contribution in [2.75, 3.05) is 39.9 Å². The number of halogens is 8. The largest absolute Gasteiger partial charge is 0.416 e. The number of carbonyl (C=O) groups is 1. The summed E-state index contributed by atoms with van der Waals surface area (Å²) >= 11 is 12.4. The van der Waals surface area contributed by atoms with Gasteiger partial charge in [-0.05, 0) is 73.7 Å². The molecule has 1 amide bonds. The van der Waals surface area contributed by atoms with Gasteiger partial charge in [-0.2, -0.15) is 26.3 Å². The van der Waals surface area contributed by atoms with Crippen LogP contribution in [0, 0.1) is 0 Å². The van der Waals surface area contributed by atoms with Crippen molar-refractivity contribution in [1.29, 1.82) is 0 Å². The summed E-state index contributed by atoms with van der Waals surface area (Å²) in [5, 5.41) is 4.79. The van der Waals surface area contributed by atoms with Crippen molar-refractivity contribution < 1.29 is 40.7 Å². The molecule has 44 heavy (non-hydrogen) atoms. The first kappa shape index (κ1) is 34.3. The highest BCUT2D eigenvalue weighted by Crippen LogP contribution is 2.37. The van der Waals surface area contributed by atoms with E-state index in [2.05, 4.69) is 10.1 Å². The lowest BCUT2D eigenvalue weighted by Crippen LogP contribution is -2.45. The Labute approximate surface area is 261 Å². The molecule has 6 nitrogen and oxygen atoms in total. The van der Waals surface area contributed by atoms with Crippen LogP contribution in [0.5, 0.6) is 0 Å². The zero-order valence-electron chi connectivity index (χ0n) is 24.0. The lowest BCUT2D eigenvalue weighted by molar-refractivity contribution is -0.143. The number of piperidine rings is 1. The molecule has 0 radical (unpaired) electrons. The maximum Gasteiger partial charge on any atom is 0.416 e. The molecule has 2 fully saturated rings. The van der Waals surface area contributed by atoms with Crippen LogP contribution in [0.2, 0.25) is 10.0 Å². The minimum atomic E-state index is -4.96. The molecule has 2 heterocycles. The van der Waals surface area contributed by atoms with E-state index < -0.39 is 36.0 Å². The summed E-state index contributed by atoms with van der Waals surface area (Å²) < 4.78 is 85.5. The quantitative estimate of drug-likeness (QED) is 0.139. The second-order valence-electron chi connectivity index (χ2n) is 11.0. The van der Waals surface area contributed by atoms with Crippen LogP contribution in [0.4, 0.5) is 26.3 Å². The van der Waals surface area contributed by atoms with E-state index in [1.807, 2.05) is 4.90 Å². The van der Waals surface area contributed by atoms with E-state index in [1.165, 1.54) is 7.11 Å². The molecule has 2 aliphatic rings. The Morgan fingerprint density at radius 2 is 1.64 bits per heavy atom. The van der Waals surface area contributed by atoms with Gasteiger partial charge in [0, 0.05) is 38.0 Å². The van der Waals surface area contributed by atoms with Gasteiger partial charge in [-0.15, -0.1) is 0 Å². The van der Waals surface area contributed by atoms with Crippen LogP contribution in [-0.2, 0) is 33.3 Å². The monoisotopic (exact) mass is 667 g/mol. The SMILES string of the molecule is CO/N=C(\COCc1cc(C(F)(F)F)cc(C(F)(F)F)c1)C(CCN1CCC(N2CCCC2=O)CC1)c1ccc(Cl)c(Cl)c1. The zero-order chi connectivity index (χ0) is 32.1. The molecule has 4 rings (SSSR count). The van der Waals surface area contributed by atoms with Gasteiger partial charge >= 0.3 is 12.4 Å². The molecule has 0 bridgehead atoms. The van der Waals surface area contributed by atoms with E-state index in [1.54, 1.807) is 18.2 Å². The van der Waals surface area contributed by atoms with Gasteiger partial charge in [0.15, 0.2) is 0 Å². The third kappa shape index (κ3) is 9.02. The Morgan fingerprint density at radius 3 is 2.18 bits per heavy atom. The second kappa shape index (κ2) is 14.7. The maximum absolute atomic E-state index is 13.3. The number of hydrogen-bond donors (Lipinski definition) is 0. The highest BCUT2D eigenvalue weighted by molar-refractivity contribution is 6.42. The fourth-order valence-electron chi connectivity index (χ4n) is 5.76. The molecule has 0 spiro atoms. The number of benzene rings is 2. The first-order chi connectivity index (χ1) is 20.8. The normalized spacial score (nSPS) is 18.2. The van der Waals surface area contributed by atoms with Crippen molar-refractivity contribution in [2.45, 2.75) is 63.0 Å². The second-order valence-corrected chi connectivity index (χ2v) is 11.8. The van der Waals surface area contributed by atoms with E-state index in [9.17, 15) is 31.1 Å². The molecule has 2 aliphatic heterocycles. The lowest BCUT2D eigenvalue weighted by Gasteiger charge is -2.37. The fraction of sp³-hybridized carbons (Fsp3) is 0.533. The van der Waals surface area contributed by atoms with E-state index >= 15 is 0 Å². The van der Waals surface area contributed by atoms with Gasteiger partial charge in [0.25, 0.3) is 0 Å². The first-order valence-electron chi connectivity index (χ1n) is 14.2. The molecule has 242 valence electrons. The Hall–Kier alpha value is -2.54. The smallest absolute Gasteiger partial charge is 0.399 e. The number of oxime groups is 1. The van der Waals surface area contributed by atoms with E-state index in [0.717, 1.165) is 44.5 Å². The van der Waals surface area contributed by atoms with Crippen LogP contribution in [0.1, 0.15) is 60.3 Å². The summed E-state index contributed by atoms with van der Waals surface area (Å²) in [5.41, 5.74) is -1.98. The van der Waals surface area contributed by atoms with E-state index in [4.69, 9.17) is 32.8 Å². The van der Waals surface area contributed by atoms with Crippen LogP contribution in [0.25, 0.3) is 0 Å². The summed E-state index contributed by atoms with van der Waals surface area (Å²) in [6, 6.07) is 6.69. The van der Waals surface area contributed by atoms with Crippen LogP contribution < -0.4 is 0 Å². The molecule has 2 aromatic rings. The molecule has 0 N–H and O–H groups in total. The molecule has 0 aromatic heterocycles. The number of hydrogen-bond acceptors (Lipinski definition) is 5.